The molecule has 0 aromatic heterocycles. The minimum absolute atomic E-state index is 1.20. The van der Waals surface area contributed by atoms with Crippen molar-refractivity contribution < 1.29 is 4.43 Å². The first-order valence-electron chi connectivity index (χ1n) is 4.39. The van der Waals surface area contributed by atoms with Gasteiger partial charge in [0, 0.05) is 7.11 Å². The highest BCUT2D eigenvalue weighted by molar-refractivity contribution is 6.84. The second-order valence-corrected chi connectivity index (χ2v) is 7.47. The molecular formula is C11H16OSi. The lowest BCUT2D eigenvalue weighted by Crippen LogP contribution is -2.45. The monoisotopic (exact) mass is 192 g/mol. The summed E-state index contributed by atoms with van der Waals surface area (Å²) in [4.78, 5) is 0. The summed E-state index contributed by atoms with van der Waals surface area (Å²) >= 11 is 0. The highest BCUT2D eigenvalue weighted by atomic mass is 28.4. The highest BCUT2D eigenvalue weighted by Crippen LogP contribution is 2.08. The van der Waals surface area contributed by atoms with E-state index in [0.717, 1.165) is 0 Å². The number of benzene rings is 1. The molecule has 0 amide bonds. The number of hydrogen-bond donors (Lipinski definition) is 0. The number of rotatable bonds is 3. The van der Waals surface area contributed by atoms with Crippen molar-refractivity contribution >= 4 is 19.6 Å². The van der Waals surface area contributed by atoms with Gasteiger partial charge in [0.15, 0.2) is 0 Å². The Morgan fingerprint density at radius 1 is 1.31 bits per heavy atom. The molecule has 0 aliphatic carbocycles. The van der Waals surface area contributed by atoms with Crippen LogP contribution in [-0.2, 0) is 4.43 Å². The Morgan fingerprint density at radius 3 is 2.46 bits per heavy atom. The Morgan fingerprint density at radius 2 is 1.92 bits per heavy atom. The van der Waals surface area contributed by atoms with Gasteiger partial charge >= 0.3 is 0 Å². The van der Waals surface area contributed by atoms with Crippen LogP contribution in [0.2, 0.25) is 13.1 Å². The molecule has 70 valence electrons. The van der Waals surface area contributed by atoms with Crippen molar-refractivity contribution in [3.05, 3.63) is 36.4 Å². The predicted molar refractivity (Wildman–Crippen MR) is 60.7 cm³/mol. The molecule has 0 fully saturated rings. The van der Waals surface area contributed by atoms with Crippen LogP contribution in [0, 0.1) is 0 Å². The molecule has 0 bridgehead atoms. The van der Waals surface area contributed by atoms with Gasteiger partial charge in [-0.3, -0.25) is 0 Å². The van der Waals surface area contributed by atoms with Crippen molar-refractivity contribution in [2.45, 2.75) is 13.1 Å². The van der Waals surface area contributed by atoms with Crippen LogP contribution in [-0.4, -0.2) is 15.4 Å². The fourth-order valence-corrected chi connectivity index (χ4v) is 2.93. The molecule has 0 heterocycles. The van der Waals surface area contributed by atoms with Gasteiger partial charge in [-0.25, -0.2) is 0 Å². The highest BCUT2D eigenvalue weighted by Gasteiger charge is 2.25. The lowest BCUT2D eigenvalue weighted by molar-refractivity contribution is 0.416. The van der Waals surface area contributed by atoms with Crippen molar-refractivity contribution in [3.63, 3.8) is 0 Å². The second kappa shape index (κ2) is 3.90. The van der Waals surface area contributed by atoms with E-state index < -0.39 is 8.32 Å². The summed E-state index contributed by atoms with van der Waals surface area (Å²) in [6, 6.07) is 8.29. The van der Waals surface area contributed by atoms with Crippen LogP contribution in [0.25, 0.3) is 6.08 Å². The molecule has 1 rings (SSSR count). The number of hydrogen-bond acceptors (Lipinski definition) is 1. The third-order valence-electron chi connectivity index (χ3n) is 2.34. The standard InChI is InChI=1S/C11H16OSi/c1-5-10-8-6-7-9-11(10)13(3,4)12-2/h5-9H,1H2,2-4H3. The van der Waals surface area contributed by atoms with Crippen LogP contribution in [0.3, 0.4) is 0 Å². The Hall–Kier alpha value is -0.863. The summed E-state index contributed by atoms with van der Waals surface area (Å²) in [6.45, 7) is 8.19. The molecule has 0 saturated carbocycles. The fraction of sp³-hybridized carbons (Fsp3) is 0.273. The van der Waals surface area contributed by atoms with E-state index in [1.54, 1.807) is 7.11 Å². The molecule has 0 atom stereocenters. The van der Waals surface area contributed by atoms with Gasteiger partial charge in [0.05, 0.1) is 0 Å². The Kier molecular flexibility index (Phi) is 3.06. The first-order chi connectivity index (χ1) is 6.11. The summed E-state index contributed by atoms with van der Waals surface area (Å²) in [6.07, 6.45) is 1.89. The van der Waals surface area contributed by atoms with Gasteiger partial charge < -0.3 is 4.43 Å². The molecule has 0 N–H and O–H groups in total. The summed E-state index contributed by atoms with van der Waals surface area (Å²) in [7, 11) is 0.0937. The Balaban J connectivity index is 3.20. The molecule has 0 spiro atoms. The second-order valence-electron chi connectivity index (χ2n) is 3.51. The molecule has 13 heavy (non-hydrogen) atoms. The van der Waals surface area contributed by atoms with E-state index in [9.17, 15) is 0 Å². The first-order valence-corrected chi connectivity index (χ1v) is 7.29. The van der Waals surface area contributed by atoms with Crippen LogP contribution in [0.15, 0.2) is 30.8 Å². The van der Waals surface area contributed by atoms with E-state index in [2.05, 4.69) is 37.9 Å². The van der Waals surface area contributed by atoms with Gasteiger partial charge in [0.1, 0.15) is 0 Å². The van der Waals surface area contributed by atoms with Gasteiger partial charge in [-0.2, -0.15) is 0 Å². The minimum atomic E-state index is -1.69. The molecule has 1 nitrogen and oxygen atoms in total. The van der Waals surface area contributed by atoms with Crippen LogP contribution < -0.4 is 5.19 Å². The van der Waals surface area contributed by atoms with Gasteiger partial charge in [0.2, 0.25) is 8.32 Å². The summed E-state index contributed by atoms with van der Waals surface area (Å²) in [5, 5.41) is 1.31. The van der Waals surface area contributed by atoms with E-state index in [1.165, 1.54) is 10.8 Å². The zero-order valence-electron chi connectivity index (χ0n) is 8.50. The minimum Gasteiger partial charge on any atom is -0.416 e. The molecule has 0 radical (unpaired) electrons. The Labute approximate surface area is 81.2 Å². The summed E-state index contributed by atoms with van der Waals surface area (Å²) < 4.78 is 5.56. The van der Waals surface area contributed by atoms with E-state index in [4.69, 9.17) is 4.43 Å². The predicted octanol–water partition coefficient (Wildman–Crippen LogP) is 2.39. The van der Waals surface area contributed by atoms with Crippen molar-refractivity contribution in [3.8, 4) is 0 Å². The van der Waals surface area contributed by atoms with E-state index in [-0.39, 0.29) is 0 Å². The maximum atomic E-state index is 5.56. The fourth-order valence-electron chi connectivity index (χ4n) is 1.33. The normalized spacial score (nSPS) is 11.3. The smallest absolute Gasteiger partial charge is 0.218 e. The summed E-state index contributed by atoms with van der Waals surface area (Å²) in [5.74, 6) is 0. The molecular weight excluding hydrogens is 176 g/mol. The molecule has 0 saturated heterocycles. The average Bonchev–Trinajstić information content (AvgIpc) is 2.18. The third kappa shape index (κ3) is 2.08. The van der Waals surface area contributed by atoms with Crippen molar-refractivity contribution in [2.75, 3.05) is 7.11 Å². The van der Waals surface area contributed by atoms with Gasteiger partial charge in [-0.15, -0.1) is 0 Å². The molecule has 1 aromatic rings. The SMILES string of the molecule is C=Cc1ccccc1[Si](C)(C)OC. The first kappa shape index (κ1) is 10.2. The van der Waals surface area contributed by atoms with Crippen molar-refractivity contribution in [1.29, 1.82) is 0 Å². The zero-order valence-corrected chi connectivity index (χ0v) is 9.50. The van der Waals surface area contributed by atoms with E-state index in [0.29, 0.717) is 0 Å². The van der Waals surface area contributed by atoms with Crippen LogP contribution >= 0.6 is 0 Å². The maximum absolute atomic E-state index is 5.56. The van der Waals surface area contributed by atoms with Crippen molar-refractivity contribution in [1.82, 2.24) is 0 Å². The molecule has 0 aliphatic heterocycles. The topological polar surface area (TPSA) is 9.23 Å². The van der Waals surface area contributed by atoms with E-state index in [1.807, 2.05) is 12.1 Å². The van der Waals surface area contributed by atoms with Gasteiger partial charge in [-0.05, 0) is 23.8 Å². The zero-order chi connectivity index (χ0) is 9.90. The lowest BCUT2D eigenvalue weighted by atomic mass is 10.2. The maximum Gasteiger partial charge on any atom is 0.218 e. The van der Waals surface area contributed by atoms with Crippen LogP contribution in [0.1, 0.15) is 5.56 Å². The lowest BCUT2D eigenvalue weighted by Gasteiger charge is -2.22. The van der Waals surface area contributed by atoms with Gasteiger partial charge in [0.25, 0.3) is 0 Å². The largest absolute Gasteiger partial charge is 0.416 e. The van der Waals surface area contributed by atoms with Crippen LogP contribution in [0.4, 0.5) is 0 Å². The van der Waals surface area contributed by atoms with E-state index >= 15 is 0 Å². The van der Waals surface area contributed by atoms with Crippen LogP contribution in [0.5, 0.6) is 0 Å². The Bertz CT molecular complexity index is 305. The molecule has 2 heteroatoms. The third-order valence-corrected chi connectivity index (χ3v) is 5.11. The van der Waals surface area contributed by atoms with Crippen molar-refractivity contribution in [2.24, 2.45) is 0 Å². The summed E-state index contributed by atoms with van der Waals surface area (Å²) in [5.41, 5.74) is 1.20. The molecule has 0 unspecified atom stereocenters. The van der Waals surface area contributed by atoms with Gasteiger partial charge in [-0.1, -0.05) is 36.9 Å². The molecule has 1 aromatic carbocycles. The quantitative estimate of drug-likeness (QED) is 0.668. The molecule has 0 aliphatic rings. The average molecular weight is 192 g/mol.